The molecule has 7 heteroatoms. The summed E-state index contributed by atoms with van der Waals surface area (Å²) in [5.74, 6) is 0.447. The number of rotatable bonds is 3. The van der Waals surface area contributed by atoms with E-state index < -0.39 is 0 Å². The van der Waals surface area contributed by atoms with Gasteiger partial charge in [-0.25, -0.2) is 9.97 Å². The van der Waals surface area contributed by atoms with Crippen molar-refractivity contribution in [2.45, 2.75) is 13.3 Å². The maximum atomic E-state index is 13.1. The standard InChI is InChI=1S/C20H22N4O2S/c1-14-13-27-20(21-14)24-9-5-8-23(10-11-24)19(25)17-12-15-6-3-4-7-16(15)18(22-17)26-2/h3-4,6-7,12-13H,5,8-11H2,1-2H3. The Labute approximate surface area is 162 Å². The molecule has 6 nitrogen and oxygen atoms in total. The first-order chi connectivity index (χ1) is 13.2. The van der Waals surface area contributed by atoms with Crippen LogP contribution in [-0.2, 0) is 0 Å². The molecular weight excluding hydrogens is 360 g/mol. The fourth-order valence-corrected chi connectivity index (χ4v) is 4.25. The van der Waals surface area contributed by atoms with Gasteiger partial charge >= 0.3 is 0 Å². The Kier molecular flexibility index (Phi) is 4.94. The zero-order valence-electron chi connectivity index (χ0n) is 15.5. The van der Waals surface area contributed by atoms with E-state index in [-0.39, 0.29) is 5.91 Å². The van der Waals surface area contributed by atoms with Gasteiger partial charge in [-0.3, -0.25) is 4.79 Å². The van der Waals surface area contributed by atoms with Crippen LogP contribution in [-0.4, -0.2) is 54.1 Å². The molecule has 27 heavy (non-hydrogen) atoms. The van der Waals surface area contributed by atoms with Crippen molar-refractivity contribution in [2.75, 3.05) is 38.2 Å². The Morgan fingerprint density at radius 2 is 2.00 bits per heavy atom. The van der Waals surface area contributed by atoms with E-state index in [9.17, 15) is 4.79 Å². The Morgan fingerprint density at radius 1 is 1.15 bits per heavy atom. The molecule has 3 heterocycles. The number of carbonyl (C=O) groups excluding carboxylic acids is 1. The number of aromatic nitrogens is 2. The molecule has 0 radical (unpaired) electrons. The summed E-state index contributed by atoms with van der Waals surface area (Å²) >= 11 is 1.66. The Morgan fingerprint density at radius 3 is 2.78 bits per heavy atom. The highest BCUT2D eigenvalue weighted by atomic mass is 32.1. The lowest BCUT2D eigenvalue weighted by Crippen LogP contribution is -2.35. The fourth-order valence-electron chi connectivity index (χ4n) is 3.39. The molecule has 0 spiro atoms. The van der Waals surface area contributed by atoms with E-state index in [4.69, 9.17) is 4.74 Å². The second-order valence-electron chi connectivity index (χ2n) is 6.64. The first kappa shape index (κ1) is 17.7. The fraction of sp³-hybridized carbons (Fsp3) is 0.350. The Hall–Kier alpha value is -2.67. The molecule has 2 aromatic heterocycles. The van der Waals surface area contributed by atoms with Gasteiger partial charge in [-0.15, -0.1) is 11.3 Å². The molecule has 140 valence electrons. The quantitative estimate of drug-likeness (QED) is 0.695. The second kappa shape index (κ2) is 7.52. The van der Waals surface area contributed by atoms with Crippen LogP contribution in [0.1, 0.15) is 22.6 Å². The highest BCUT2D eigenvalue weighted by Gasteiger charge is 2.23. The molecule has 0 bridgehead atoms. The van der Waals surface area contributed by atoms with Crippen LogP contribution in [0.15, 0.2) is 35.7 Å². The third kappa shape index (κ3) is 3.60. The summed E-state index contributed by atoms with van der Waals surface area (Å²) in [5, 5.41) is 4.97. The van der Waals surface area contributed by atoms with Gasteiger partial charge in [0.25, 0.3) is 5.91 Å². The minimum Gasteiger partial charge on any atom is -0.481 e. The van der Waals surface area contributed by atoms with Gasteiger partial charge in [0.15, 0.2) is 5.13 Å². The monoisotopic (exact) mass is 382 g/mol. The Balaban J connectivity index is 1.55. The molecule has 1 aliphatic heterocycles. The lowest BCUT2D eigenvalue weighted by atomic mass is 10.1. The molecule has 1 amide bonds. The second-order valence-corrected chi connectivity index (χ2v) is 7.48. The van der Waals surface area contributed by atoms with Crippen molar-refractivity contribution in [1.29, 1.82) is 0 Å². The van der Waals surface area contributed by atoms with Crippen LogP contribution in [0.3, 0.4) is 0 Å². The number of amides is 1. The van der Waals surface area contributed by atoms with Crippen LogP contribution in [0.5, 0.6) is 5.88 Å². The molecule has 1 fully saturated rings. The number of ether oxygens (including phenoxy) is 1. The number of aryl methyl sites for hydroxylation is 1. The zero-order valence-corrected chi connectivity index (χ0v) is 16.3. The van der Waals surface area contributed by atoms with E-state index in [2.05, 4.69) is 20.2 Å². The number of carbonyl (C=O) groups is 1. The van der Waals surface area contributed by atoms with Crippen molar-refractivity contribution in [3.05, 3.63) is 47.1 Å². The van der Waals surface area contributed by atoms with Crippen molar-refractivity contribution >= 4 is 33.1 Å². The number of benzene rings is 1. The van der Waals surface area contributed by atoms with Gasteiger partial charge in [-0.1, -0.05) is 18.2 Å². The van der Waals surface area contributed by atoms with E-state index >= 15 is 0 Å². The number of pyridine rings is 1. The molecule has 1 aliphatic rings. The van der Waals surface area contributed by atoms with E-state index in [0.29, 0.717) is 18.1 Å². The SMILES string of the molecule is COc1nc(C(=O)N2CCCN(c3nc(C)cs3)CC2)cc2ccccc12. The maximum Gasteiger partial charge on any atom is 0.272 e. The van der Waals surface area contributed by atoms with Gasteiger partial charge < -0.3 is 14.5 Å². The molecule has 0 unspecified atom stereocenters. The van der Waals surface area contributed by atoms with Crippen LogP contribution in [0.2, 0.25) is 0 Å². The summed E-state index contributed by atoms with van der Waals surface area (Å²) in [5.41, 5.74) is 1.48. The number of hydrogen-bond donors (Lipinski definition) is 0. The smallest absolute Gasteiger partial charge is 0.272 e. The van der Waals surface area contributed by atoms with E-state index in [1.54, 1.807) is 18.4 Å². The molecular formula is C20H22N4O2S. The molecule has 0 aliphatic carbocycles. The van der Waals surface area contributed by atoms with Crippen molar-refractivity contribution in [3.8, 4) is 5.88 Å². The number of thiazole rings is 1. The summed E-state index contributed by atoms with van der Waals surface area (Å²) in [6.45, 7) is 5.08. The van der Waals surface area contributed by atoms with Crippen LogP contribution >= 0.6 is 11.3 Å². The van der Waals surface area contributed by atoms with Crippen molar-refractivity contribution in [3.63, 3.8) is 0 Å². The predicted octanol–water partition coefficient (Wildman–Crippen LogP) is 3.36. The number of methoxy groups -OCH3 is 1. The number of nitrogens with zero attached hydrogens (tertiary/aromatic N) is 4. The van der Waals surface area contributed by atoms with Crippen molar-refractivity contribution in [2.24, 2.45) is 0 Å². The average molecular weight is 382 g/mol. The first-order valence-electron chi connectivity index (χ1n) is 9.06. The molecule has 1 aromatic carbocycles. The molecule has 0 N–H and O–H groups in total. The Bertz CT molecular complexity index is 972. The number of anilines is 1. The van der Waals surface area contributed by atoms with E-state index in [0.717, 1.165) is 47.7 Å². The normalized spacial score (nSPS) is 15.0. The maximum absolute atomic E-state index is 13.1. The average Bonchev–Trinajstić information content (AvgIpc) is 2.98. The minimum absolute atomic E-state index is 0.0452. The summed E-state index contributed by atoms with van der Waals surface area (Å²) in [6.07, 6.45) is 0.912. The van der Waals surface area contributed by atoms with Gasteiger partial charge in [0.1, 0.15) is 5.69 Å². The number of hydrogen-bond acceptors (Lipinski definition) is 6. The van der Waals surface area contributed by atoms with Crippen molar-refractivity contribution in [1.82, 2.24) is 14.9 Å². The largest absolute Gasteiger partial charge is 0.481 e. The highest BCUT2D eigenvalue weighted by Crippen LogP contribution is 2.25. The molecule has 3 aromatic rings. The summed E-state index contributed by atoms with van der Waals surface area (Å²) in [6, 6.07) is 9.68. The van der Waals surface area contributed by atoms with Crippen LogP contribution in [0.4, 0.5) is 5.13 Å². The summed E-state index contributed by atoms with van der Waals surface area (Å²) in [7, 11) is 1.59. The molecule has 4 rings (SSSR count). The van der Waals surface area contributed by atoms with E-state index in [1.807, 2.05) is 42.2 Å². The van der Waals surface area contributed by atoms with Gasteiger partial charge in [0, 0.05) is 36.9 Å². The van der Waals surface area contributed by atoms with E-state index in [1.165, 1.54) is 0 Å². The van der Waals surface area contributed by atoms with Gasteiger partial charge in [0.2, 0.25) is 5.88 Å². The van der Waals surface area contributed by atoms with Gasteiger partial charge in [-0.2, -0.15) is 0 Å². The summed E-state index contributed by atoms with van der Waals surface area (Å²) < 4.78 is 5.41. The van der Waals surface area contributed by atoms with Crippen molar-refractivity contribution < 1.29 is 9.53 Å². The third-order valence-electron chi connectivity index (χ3n) is 4.78. The molecule has 1 saturated heterocycles. The van der Waals surface area contributed by atoms with Gasteiger partial charge in [0.05, 0.1) is 12.8 Å². The van der Waals surface area contributed by atoms with Gasteiger partial charge in [-0.05, 0) is 30.9 Å². The first-order valence-corrected chi connectivity index (χ1v) is 9.94. The summed E-state index contributed by atoms with van der Waals surface area (Å²) in [4.78, 5) is 26.3. The highest BCUT2D eigenvalue weighted by molar-refractivity contribution is 7.13. The van der Waals surface area contributed by atoms with Crippen LogP contribution in [0, 0.1) is 6.92 Å². The van der Waals surface area contributed by atoms with Crippen LogP contribution < -0.4 is 9.64 Å². The third-order valence-corrected chi connectivity index (χ3v) is 5.80. The number of fused-ring (bicyclic) bond motifs is 1. The molecule has 0 atom stereocenters. The predicted molar refractivity (Wildman–Crippen MR) is 108 cm³/mol. The lowest BCUT2D eigenvalue weighted by molar-refractivity contribution is 0.0760. The van der Waals surface area contributed by atoms with Crippen LogP contribution in [0.25, 0.3) is 10.8 Å². The molecule has 0 saturated carbocycles. The minimum atomic E-state index is -0.0452. The lowest BCUT2D eigenvalue weighted by Gasteiger charge is -2.21. The zero-order chi connectivity index (χ0) is 18.8. The topological polar surface area (TPSA) is 58.6 Å².